The van der Waals surface area contributed by atoms with Crippen LogP contribution in [0.5, 0.6) is 0 Å². The van der Waals surface area contributed by atoms with Gasteiger partial charge in [0.05, 0.1) is 6.10 Å². The van der Waals surface area contributed by atoms with Gasteiger partial charge in [0, 0.05) is 12.6 Å². The monoisotopic (exact) mass is 283 g/mol. The van der Waals surface area contributed by atoms with Gasteiger partial charge in [-0.2, -0.15) is 0 Å². The summed E-state index contributed by atoms with van der Waals surface area (Å²) in [5.74, 6) is 0.835. The van der Waals surface area contributed by atoms with Crippen LogP contribution >= 0.6 is 0 Å². The van der Waals surface area contributed by atoms with Crippen LogP contribution in [0, 0.1) is 5.92 Å². The van der Waals surface area contributed by atoms with Gasteiger partial charge in [-0.05, 0) is 39.2 Å². The van der Waals surface area contributed by atoms with Gasteiger partial charge in [0.25, 0.3) is 0 Å². The molecule has 2 atom stereocenters. The van der Waals surface area contributed by atoms with Crippen molar-refractivity contribution in [3.63, 3.8) is 0 Å². The molecule has 2 heteroatoms. The fraction of sp³-hybridized carbons (Fsp3) is 1.00. The largest absolute Gasteiger partial charge is 0.377 e. The average Bonchev–Trinajstić information content (AvgIpc) is 3.28. The second-order valence-electron chi connectivity index (χ2n) is 6.42. The minimum atomic E-state index is 0.467. The Morgan fingerprint density at radius 1 is 0.950 bits per heavy atom. The van der Waals surface area contributed by atoms with Crippen LogP contribution in [-0.2, 0) is 4.74 Å². The molecule has 1 rings (SSSR count). The lowest BCUT2D eigenvalue weighted by Crippen LogP contribution is -2.40. The molecule has 0 bridgehead atoms. The van der Waals surface area contributed by atoms with E-state index in [1.807, 2.05) is 0 Å². The lowest BCUT2D eigenvalue weighted by molar-refractivity contribution is 0.0183. The van der Waals surface area contributed by atoms with E-state index >= 15 is 0 Å². The van der Waals surface area contributed by atoms with Gasteiger partial charge in [0.15, 0.2) is 0 Å². The minimum absolute atomic E-state index is 0.467. The van der Waals surface area contributed by atoms with E-state index in [1.165, 1.54) is 70.6 Å². The molecule has 0 aromatic heterocycles. The molecular formula is C18H37NO. The van der Waals surface area contributed by atoms with Crippen molar-refractivity contribution in [2.75, 3.05) is 13.7 Å². The number of ether oxygens (including phenoxy) is 1. The van der Waals surface area contributed by atoms with Crippen molar-refractivity contribution in [3.05, 3.63) is 0 Å². The highest BCUT2D eigenvalue weighted by Crippen LogP contribution is 2.36. The van der Waals surface area contributed by atoms with Crippen LogP contribution in [-0.4, -0.2) is 25.8 Å². The van der Waals surface area contributed by atoms with E-state index in [-0.39, 0.29) is 0 Å². The van der Waals surface area contributed by atoms with Crippen molar-refractivity contribution in [2.45, 2.75) is 96.6 Å². The summed E-state index contributed by atoms with van der Waals surface area (Å²) in [5, 5.41) is 3.50. The lowest BCUT2D eigenvalue weighted by atomic mass is 9.99. The van der Waals surface area contributed by atoms with Gasteiger partial charge in [-0.3, -0.25) is 0 Å². The minimum Gasteiger partial charge on any atom is -0.377 e. The Balaban J connectivity index is 2.05. The number of nitrogens with one attached hydrogen (secondary N) is 1. The summed E-state index contributed by atoms with van der Waals surface area (Å²) in [5.41, 5.74) is 0. The topological polar surface area (TPSA) is 21.3 Å². The Hall–Kier alpha value is -0.0800. The van der Waals surface area contributed by atoms with Gasteiger partial charge in [0.2, 0.25) is 0 Å². The van der Waals surface area contributed by atoms with Gasteiger partial charge in [-0.1, -0.05) is 58.3 Å². The Morgan fingerprint density at radius 2 is 1.55 bits per heavy atom. The quantitative estimate of drug-likeness (QED) is 0.457. The lowest BCUT2D eigenvalue weighted by Gasteiger charge is -2.27. The van der Waals surface area contributed by atoms with Crippen LogP contribution in [0.3, 0.4) is 0 Å². The maximum absolute atomic E-state index is 5.98. The van der Waals surface area contributed by atoms with E-state index < -0.39 is 0 Å². The first kappa shape index (κ1) is 18.0. The van der Waals surface area contributed by atoms with E-state index in [0.717, 1.165) is 12.5 Å². The molecule has 0 amide bonds. The van der Waals surface area contributed by atoms with Crippen molar-refractivity contribution in [3.8, 4) is 0 Å². The molecule has 0 saturated heterocycles. The van der Waals surface area contributed by atoms with E-state index in [2.05, 4.69) is 26.2 Å². The van der Waals surface area contributed by atoms with Gasteiger partial charge in [-0.25, -0.2) is 0 Å². The molecule has 1 fully saturated rings. The summed E-state index contributed by atoms with van der Waals surface area (Å²) in [6.07, 6.45) is 15.7. The zero-order valence-corrected chi connectivity index (χ0v) is 14.1. The number of rotatable bonds is 14. The number of hydrogen-bond acceptors (Lipinski definition) is 2. The third kappa shape index (κ3) is 7.64. The Bertz CT molecular complexity index is 215. The van der Waals surface area contributed by atoms with Crippen LogP contribution < -0.4 is 5.32 Å². The van der Waals surface area contributed by atoms with Gasteiger partial charge >= 0.3 is 0 Å². The second kappa shape index (κ2) is 11.6. The molecule has 120 valence electrons. The molecule has 0 aromatic rings. The Kier molecular flexibility index (Phi) is 10.4. The highest BCUT2D eigenvalue weighted by Gasteiger charge is 2.36. The summed E-state index contributed by atoms with van der Waals surface area (Å²) >= 11 is 0. The molecule has 1 saturated carbocycles. The molecule has 2 unspecified atom stereocenters. The van der Waals surface area contributed by atoms with Crippen molar-refractivity contribution < 1.29 is 4.74 Å². The second-order valence-corrected chi connectivity index (χ2v) is 6.42. The van der Waals surface area contributed by atoms with Crippen LogP contribution in [0.1, 0.15) is 84.5 Å². The van der Waals surface area contributed by atoms with Crippen LogP contribution in [0.2, 0.25) is 0 Å². The predicted molar refractivity (Wildman–Crippen MR) is 88.2 cm³/mol. The van der Waals surface area contributed by atoms with Crippen LogP contribution in [0.15, 0.2) is 0 Å². The Morgan fingerprint density at radius 3 is 2.05 bits per heavy atom. The fourth-order valence-corrected chi connectivity index (χ4v) is 3.17. The first-order valence-corrected chi connectivity index (χ1v) is 9.12. The SMILES string of the molecule is CCCCCCCCCCC(NC)C(OCC)C1CC1. The van der Waals surface area contributed by atoms with Gasteiger partial charge in [-0.15, -0.1) is 0 Å². The fourth-order valence-electron chi connectivity index (χ4n) is 3.17. The molecule has 0 spiro atoms. The highest BCUT2D eigenvalue weighted by atomic mass is 16.5. The van der Waals surface area contributed by atoms with Crippen LogP contribution in [0.4, 0.5) is 0 Å². The Labute approximate surface area is 127 Å². The van der Waals surface area contributed by atoms with Crippen LogP contribution in [0.25, 0.3) is 0 Å². The van der Waals surface area contributed by atoms with Crippen molar-refractivity contribution in [1.29, 1.82) is 0 Å². The van der Waals surface area contributed by atoms with Crippen molar-refractivity contribution in [1.82, 2.24) is 5.32 Å². The predicted octanol–water partition coefficient (Wildman–Crippen LogP) is 4.92. The molecule has 1 aliphatic rings. The molecule has 20 heavy (non-hydrogen) atoms. The van der Waals surface area contributed by atoms with E-state index in [9.17, 15) is 0 Å². The third-order valence-electron chi connectivity index (χ3n) is 4.58. The van der Waals surface area contributed by atoms with E-state index in [4.69, 9.17) is 4.74 Å². The first-order valence-electron chi connectivity index (χ1n) is 9.12. The summed E-state index contributed by atoms with van der Waals surface area (Å²) in [7, 11) is 2.10. The molecular weight excluding hydrogens is 246 g/mol. The molecule has 2 nitrogen and oxygen atoms in total. The average molecular weight is 284 g/mol. The van der Waals surface area contributed by atoms with Gasteiger partial charge < -0.3 is 10.1 Å². The maximum atomic E-state index is 5.98. The normalized spacial score (nSPS) is 18.1. The summed E-state index contributed by atoms with van der Waals surface area (Å²) in [6.45, 7) is 5.27. The molecule has 1 aliphatic carbocycles. The molecule has 0 heterocycles. The number of unbranched alkanes of at least 4 members (excludes halogenated alkanes) is 7. The highest BCUT2D eigenvalue weighted by molar-refractivity contribution is 4.89. The molecule has 0 aromatic carbocycles. The molecule has 0 aliphatic heterocycles. The third-order valence-corrected chi connectivity index (χ3v) is 4.58. The standard InChI is InChI=1S/C18H37NO/c1-4-6-7-8-9-10-11-12-13-17(19-3)18(20-5-2)16-14-15-16/h16-19H,4-15H2,1-3H3. The molecule has 0 radical (unpaired) electrons. The number of likely N-dealkylation sites (N-methyl/N-ethyl adjacent to an activating group) is 1. The molecule has 1 N–H and O–H groups in total. The number of hydrogen-bond donors (Lipinski definition) is 1. The smallest absolute Gasteiger partial charge is 0.0755 e. The van der Waals surface area contributed by atoms with E-state index in [0.29, 0.717) is 12.1 Å². The zero-order chi connectivity index (χ0) is 14.6. The summed E-state index contributed by atoms with van der Waals surface area (Å²) < 4.78 is 5.98. The zero-order valence-electron chi connectivity index (χ0n) is 14.1. The maximum Gasteiger partial charge on any atom is 0.0755 e. The van der Waals surface area contributed by atoms with Gasteiger partial charge in [0.1, 0.15) is 0 Å². The van der Waals surface area contributed by atoms with Crippen molar-refractivity contribution >= 4 is 0 Å². The first-order chi connectivity index (χ1) is 9.83. The van der Waals surface area contributed by atoms with Crippen molar-refractivity contribution in [2.24, 2.45) is 5.92 Å². The van der Waals surface area contributed by atoms with E-state index in [1.54, 1.807) is 0 Å². The summed E-state index contributed by atoms with van der Waals surface area (Å²) in [4.78, 5) is 0. The summed E-state index contributed by atoms with van der Waals surface area (Å²) in [6, 6.07) is 0.572.